The molecule has 2 aliphatic rings. The van der Waals surface area contributed by atoms with Crippen molar-refractivity contribution in [3.05, 3.63) is 65.2 Å². The molecule has 2 aromatic carbocycles. The summed E-state index contributed by atoms with van der Waals surface area (Å²) in [4.78, 5) is 26.6. The Labute approximate surface area is 182 Å². The number of aromatic carboxylic acids is 1. The first kappa shape index (κ1) is 21.3. The first-order valence-electron chi connectivity index (χ1n) is 10.8. The van der Waals surface area contributed by atoms with Gasteiger partial charge in [-0.25, -0.2) is 4.79 Å². The molecule has 7 heteroatoms. The molecule has 7 nitrogen and oxygen atoms in total. The molecule has 164 valence electrons. The summed E-state index contributed by atoms with van der Waals surface area (Å²) in [6.45, 7) is 5.24. The summed E-state index contributed by atoms with van der Waals surface area (Å²) in [6, 6.07) is 14.5. The molecule has 0 aromatic heterocycles. The third-order valence-electron chi connectivity index (χ3n) is 6.03. The predicted molar refractivity (Wildman–Crippen MR) is 116 cm³/mol. The third-order valence-corrected chi connectivity index (χ3v) is 6.03. The van der Waals surface area contributed by atoms with Crippen LogP contribution in [0.15, 0.2) is 48.5 Å². The van der Waals surface area contributed by atoms with Gasteiger partial charge in [-0.3, -0.25) is 4.79 Å². The second-order valence-corrected chi connectivity index (χ2v) is 7.91. The minimum Gasteiger partial charge on any atom is -0.478 e. The Hall–Kier alpha value is -2.90. The molecule has 4 rings (SSSR count). The normalized spacial score (nSPS) is 18.7. The number of likely N-dealkylation sites (N-methyl/N-ethyl adjacent to an activating group) is 1. The number of carboxylic acids is 1. The second kappa shape index (κ2) is 9.08. The van der Waals surface area contributed by atoms with Gasteiger partial charge in [0, 0.05) is 38.2 Å². The summed E-state index contributed by atoms with van der Waals surface area (Å²) in [6.07, 6.45) is 1.56. The highest BCUT2D eigenvalue weighted by Gasteiger charge is 2.40. The van der Waals surface area contributed by atoms with Crippen molar-refractivity contribution >= 4 is 17.6 Å². The van der Waals surface area contributed by atoms with Crippen LogP contribution in [0.25, 0.3) is 0 Å². The molecule has 1 spiro atoms. The summed E-state index contributed by atoms with van der Waals surface area (Å²) in [7, 11) is 0. The highest BCUT2D eigenvalue weighted by atomic mass is 16.7. The predicted octanol–water partition coefficient (Wildman–Crippen LogP) is 3.00. The zero-order chi connectivity index (χ0) is 21.8. The summed E-state index contributed by atoms with van der Waals surface area (Å²) in [5.41, 5.74) is 2.87. The molecule has 0 radical (unpaired) electrons. The van der Waals surface area contributed by atoms with Gasteiger partial charge in [0.2, 0.25) is 5.91 Å². The number of carbonyl (C=O) groups excluding carboxylic acids is 1. The lowest BCUT2D eigenvalue weighted by Gasteiger charge is -2.40. The third kappa shape index (κ3) is 4.43. The molecule has 0 aliphatic carbocycles. The lowest BCUT2D eigenvalue weighted by Crippen LogP contribution is -2.45. The van der Waals surface area contributed by atoms with Gasteiger partial charge in [0.25, 0.3) is 0 Å². The van der Waals surface area contributed by atoms with Crippen molar-refractivity contribution in [3.63, 3.8) is 0 Å². The van der Waals surface area contributed by atoms with E-state index in [0.29, 0.717) is 19.8 Å². The zero-order valence-electron chi connectivity index (χ0n) is 17.7. The maximum Gasteiger partial charge on any atom is 0.335 e. The van der Waals surface area contributed by atoms with E-state index in [1.54, 1.807) is 24.3 Å². The van der Waals surface area contributed by atoms with Gasteiger partial charge in [-0.2, -0.15) is 0 Å². The van der Waals surface area contributed by atoms with Gasteiger partial charge in [-0.1, -0.05) is 30.3 Å². The van der Waals surface area contributed by atoms with Crippen LogP contribution in [0.2, 0.25) is 0 Å². The highest BCUT2D eigenvalue weighted by molar-refractivity contribution is 5.90. The average Bonchev–Trinajstić information content (AvgIpc) is 3.23. The lowest BCUT2D eigenvalue weighted by atomic mass is 9.87. The number of amides is 1. The fraction of sp³-hybridized carbons (Fsp3) is 0.417. The maximum absolute atomic E-state index is 13.1. The molecule has 2 heterocycles. The maximum atomic E-state index is 13.1. The van der Waals surface area contributed by atoms with E-state index in [1.165, 1.54) is 0 Å². The van der Waals surface area contributed by atoms with E-state index in [2.05, 4.69) is 10.2 Å². The van der Waals surface area contributed by atoms with Gasteiger partial charge in [-0.05, 0) is 36.2 Å². The van der Waals surface area contributed by atoms with Gasteiger partial charge >= 0.3 is 5.97 Å². The van der Waals surface area contributed by atoms with Crippen molar-refractivity contribution in [1.29, 1.82) is 0 Å². The number of nitrogens with zero attached hydrogens (tertiary/aromatic N) is 1. The highest BCUT2D eigenvalue weighted by Crippen LogP contribution is 2.37. The summed E-state index contributed by atoms with van der Waals surface area (Å²) in [5.74, 6) is -2.08. The number of rotatable bonds is 6. The molecule has 2 aliphatic heterocycles. The molecule has 1 unspecified atom stereocenters. The summed E-state index contributed by atoms with van der Waals surface area (Å²) in [5, 5.41) is 12.2. The van der Waals surface area contributed by atoms with Gasteiger partial charge < -0.3 is 24.8 Å². The van der Waals surface area contributed by atoms with E-state index in [9.17, 15) is 14.7 Å². The number of benzene rings is 2. The van der Waals surface area contributed by atoms with Crippen molar-refractivity contribution in [2.75, 3.05) is 37.7 Å². The van der Waals surface area contributed by atoms with Crippen LogP contribution in [0, 0.1) is 0 Å². The molecule has 31 heavy (non-hydrogen) atoms. The van der Waals surface area contributed by atoms with Crippen LogP contribution in [0.1, 0.15) is 47.2 Å². The Bertz CT molecular complexity index is 927. The van der Waals surface area contributed by atoms with Crippen LogP contribution in [0.4, 0.5) is 5.69 Å². The van der Waals surface area contributed by atoms with Crippen LogP contribution >= 0.6 is 0 Å². The number of nitrogens with one attached hydrogen (secondary N) is 1. The van der Waals surface area contributed by atoms with Crippen molar-refractivity contribution in [1.82, 2.24) is 5.32 Å². The summed E-state index contributed by atoms with van der Waals surface area (Å²) >= 11 is 0. The van der Waals surface area contributed by atoms with Gasteiger partial charge in [-0.15, -0.1) is 0 Å². The SMILES string of the molecule is CCNC(=O)C(c1ccc(C(=O)O)cc1)c1ccccc1N1CCC2(CC1)OCCO2. The molecule has 2 saturated heterocycles. The standard InChI is InChI=1S/C24H28N2O5/c1-2-25-22(27)21(17-7-9-18(10-8-17)23(28)29)19-5-3-4-6-20(19)26-13-11-24(12-14-26)30-15-16-31-24/h3-10,21H,2,11-16H2,1H3,(H,25,27)(H,28,29). The van der Waals surface area contributed by atoms with Crippen LogP contribution in [0.3, 0.4) is 0 Å². The molecule has 1 amide bonds. The van der Waals surface area contributed by atoms with E-state index < -0.39 is 17.7 Å². The Morgan fingerprint density at radius 3 is 2.32 bits per heavy atom. The van der Waals surface area contributed by atoms with Crippen LogP contribution in [0.5, 0.6) is 0 Å². The van der Waals surface area contributed by atoms with Crippen molar-refractivity contribution in [2.45, 2.75) is 31.5 Å². The van der Waals surface area contributed by atoms with E-state index in [-0.39, 0.29) is 11.5 Å². The van der Waals surface area contributed by atoms with E-state index in [1.807, 2.05) is 31.2 Å². The summed E-state index contributed by atoms with van der Waals surface area (Å²) < 4.78 is 11.7. The average molecular weight is 424 g/mol. The van der Waals surface area contributed by atoms with E-state index in [0.717, 1.165) is 42.7 Å². The van der Waals surface area contributed by atoms with Crippen LogP contribution in [-0.4, -0.2) is 55.6 Å². The van der Waals surface area contributed by atoms with Crippen molar-refractivity contribution in [3.8, 4) is 0 Å². The molecule has 0 saturated carbocycles. The van der Waals surface area contributed by atoms with Crippen molar-refractivity contribution < 1.29 is 24.2 Å². The molecular weight excluding hydrogens is 396 g/mol. The number of hydrogen-bond donors (Lipinski definition) is 2. The Balaban J connectivity index is 1.66. The first-order chi connectivity index (χ1) is 15.0. The lowest BCUT2D eigenvalue weighted by molar-refractivity contribution is -0.169. The minimum atomic E-state index is -0.986. The molecule has 2 aromatic rings. The number of ether oxygens (including phenoxy) is 2. The van der Waals surface area contributed by atoms with Gasteiger partial charge in [0.1, 0.15) is 0 Å². The van der Waals surface area contributed by atoms with Crippen molar-refractivity contribution in [2.24, 2.45) is 0 Å². The second-order valence-electron chi connectivity index (χ2n) is 7.91. The van der Waals surface area contributed by atoms with Crippen LogP contribution in [-0.2, 0) is 14.3 Å². The fourth-order valence-corrected chi connectivity index (χ4v) is 4.46. The Morgan fingerprint density at radius 1 is 1.06 bits per heavy atom. The number of piperidine rings is 1. The minimum absolute atomic E-state index is 0.103. The molecule has 2 fully saturated rings. The monoisotopic (exact) mass is 424 g/mol. The smallest absolute Gasteiger partial charge is 0.335 e. The van der Waals surface area contributed by atoms with Gasteiger partial charge in [0.05, 0.1) is 24.7 Å². The number of hydrogen-bond acceptors (Lipinski definition) is 5. The van der Waals surface area contributed by atoms with Crippen LogP contribution < -0.4 is 10.2 Å². The fourth-order valence-electron chi connectivity index (χ4n) is 4.46. The van der Waals surface area contributed by atoms with Gasteiger partial charge in [0.15, 0.2) is 5.79 Å². The number of anilines is 1. The number of carbonyl (C=O) groups is 2. The quantitative estimate of drug-likeness (QED) is 0.741. The first-order valence-corrected chi connectivity index (χ1v) is 10.8. The molecule has 0 bridgehead atoms. The molecular formula is C24H28N2O5. The Kier molecular flexibility index (Phi) is 6.25. The zero-order valence-corrected chi connectivity index (χ0v) is 17.7. The number of carboxylic acid groups (broad SMARTS) is 1. The number of para-hydroxylation sites is 1. The molecule has 2 N–H and O–H groups in total. The van der Waals surface area contributed by atoms with E-state index in [4.69, 9.17) is 9.47 Å². The molecule has 1 atom stereocenters. The largest absolute Gasteiger partial charge is 0.478 e. The Morgan fingerprint density at radius 2 is 1.71 bits per heavy atom. The topological polar surface area (TPSA) is 88.1 Å². The van der Waals surface area contributed by atoms with E-state index >= 15 is 0 Å².